The maximum Gasteiger partial charge on any atom is 0.236 e. The summed E-state index contributed by atoms with van der Waals surface area (Å²) in [6.45, 7) is 5.71. The van der Waals surface area contributed by atoms with Crippen LogP contribution in [-0.4, -0.2) is 53.5 Å². The van der Waals surface area contributed by atoms with E-state index in [9.17, 15) is 0 Å². The lowest BCUT2D eigenvalue weighted by Gasteiger charge is -2.43. The predicted molar refractivity (Wildman–Crippen MR) is 98.2 cm³/mol. The van der Waals surface area contributed by atoms with E-state index in [1.807, 2.05) is 23.9 Å². The molecule has 0 N–H and O–H groups in total. The second-order valence-corrected chi connectivity index (χ2v) is 6.96. The van der Waals surface area contributed by atoms with E-state index in [4.69, 9.17) is 9.72 Å². The number of hydrogen-bond donors (Lipinski definition) is 0. The minimum Gasteiger partial charge on any atom is -0.381 e. The first-order valence-corrected chi connectivity index (χ1v) is 9.41. The maximum atomic E-state index is 5.60. The van der Waals surface area contributed by atoms with Crippen molar-refractivity contribution in [1.82, 2.24) is 34.3 Å². The van der Waals surface area contributed by atoms with E-state index < -0.39 is 0 Å². The number of anilines is 1. The first-order valence-electron chi connectivity index (χ1n) is 9.41. The van der Waals surface area contributed by atoms with Gasteiger partial charge in [0.15, 0.2) is 11.6 Å². The smallest absolute Gasteiger partial charge is 0.236 e. The molecule has 3 aromatic heterocycles. The van der Waals surface area contributed by atoms with E-state index in [-0.39, 0.29) is 6.04 Å². The lowest BCUT2D eigenvalue weighted by atomic mass is 10.0. The summed E-state index contributed by atoms with van der Waals surface area (Å²) < 4.78 is 9.52. The van der Waals surface area contributed by atoms with Crippen molar-refractivity contribution in [2.24, 2.45) is 0 Å². The molecule has 1 saturated heterocycles. The van der Waals surface area contributed by atoms with Crippen molar-refractivity contribution in [2.45, 2.75) is 45.2 Å². The van der Waals surface area contributed by atoms with Gasteiger partial charge in [0.2, 0.25) is 5.95 Å². The zero-order valence-electron chi connectivity index (χ0n) is 15.5. The van der Waals surface area contributed by atoms with Gasteiger partial charge in [0.05, 0.1) is 12.2 Å². The van der Waals surface area contributed by atoms with Gasteiger partial charge in [0, 0.05) is 31.6 Å². The van der Waals surface area contributed by atoms with Crippen LogP contribution in [0.3, 0.4) is 0 Å². The van der Waals surface area contributed by atoms with Gasteiger partial charge in [-0.1, -0.05) is 6.92 Å². The fourth-order valence-corrected chi connectivity index (χ4v) is 4.14. The number of rotatable bonds is 3. The van der Waals surface area contributed by atoms with E-state index >= 15 is 0 Å². The second-order valence-electron chi connectivity index (χ2n) is 6.96. The Kier molecular flexibility index (Phi) is 3.89. The van der Waals surface area contributed by atoms with Crippen LogP contribution in [0.15, 0.2) is 24.9 Å². The largest absolute Gasteiger partial charge is 0.381 e. The van der Waals surface area contributed by atoms with Gasteiger partial charge < -0.3 is 9.64 Å². The normalized spacial score (nSPS) is 19.8. The Bertz CT molecular complexity index is 944. The fraction of sp³-hybridized carbons (Fsp3) is 0.500. The SMILES string of the molecule is CC[C@@H]1c2nnc(C)n2-c2cnc(-n3ccnc3)nc2N1C1CCOCC1. The number of aromatic nitrogens is 7. The topological polar surface area (TPSA) is 86.8 Å². The van der Waals surface area contributed by atoms with Gasteiger partial charge in [-0.05, 0) is 26.2 Å². The Balaban J connectivity index is 1.70. The number of imidazole rings is 1. The average Bonchev–Trinajstić information content (AvgIpc) is 3.37. The number of nitrogens with zero attached hydrogens (tertiary/aromatic N) is 8. The summed E-state index contributed by atoms with van der Waals surface area (Å²) in [6.07, 6.45) is 10.1. The number of ether oxygens (including phenoxy) is 1. The van der Waals surface area contributed by atoms with Crippen molar-refractivity contribution in [2.75, 3.05) is 18.1 Å². The summed E-state index contributed by atoms with van der Waals surface area (Å²) >= 11 is 0. The van der Waals surface area contributed by atoms with E-state index in [0.29, 0.717) is 12.0 Å². The summed E-state index contributed by atoms with van der Waals surface area (Å²) in [4.78, 5) is 16.1. The molecule has 27 heavy (non-hydrogen) atoms. The molecule has 0 bridgehead atoms. The first kappa shape index (κ1) is 16.4. The van der Waals surface area contributed by atoms with Gasteiger partial charge in [-0.3, -0.25) is 9.13 Å². The molecule has 9 heteroatoms. The molecule has 0 saturated carbocycles. The molecule has 1 fully saturated rings. The van der Waals surface area contributed by atoms with Crippen molar-refractivity contribution < 1.29 is 4.74 Å². The third-order valence-corrected chi connectivity index (χ3v) is 5.41. The molecular weight excluding hydrogens is 344 g/mol. The standard InChI is InChI=1S/C18H22N8O/c1-3-14-17-23-22-12(2)25(17)15-10-20-18(24-7-6-19-11-24)21-16(15)26(14)13-4-8-27-9-5-13/h6-7,10-11,13-14H,3-5,8-9H2,1-2H3/t14-/m1/s1. The summed E-state index contributed by atoms with van der Waals surface area (Å²) in [5, 5.41) is 8.83. The van der Waals surface area contributed by atoms with Crippen LogP contribution in [0, 0.1) is 6.92 Å². The molecule has 0 aliphatic carbocycles. The minimum absolute atomic E-state index is 0.132. The quantitative estimate of drug-likeness (QED) is 0.701. The lowest BCUT2D eigenvalue weighted by Crippen LogP contribution is -2.45. The maximum absolute atomic E-state index is 5.60. The average molecular weight is 366 g/mol. The van der Waals surface area contributed by atoms with Crippen LogP contribution in [0.2, 0.25) is 0 Å². The highest BCUT2D eigenvalue weighted by atomic mass is 16.5. The summed E-state index contributed by atoms with van der Waals surface area (Å²) in [6, 6.07) is 0.492. The Hall–Kier alpha value is -2.81. The highest BCUT2D eigenvalue weighted by Crippen LogP contribution is 2.41. The van der Waals surface area contributed by atoms with Crippen LogP contribution in [0.4, 0.5) is 5.82 Å². The van der Waals surface area contributed by atoms with Crippen molar-refractivity contribution in [3.8, 4) is 11.6 Å². The molecule has 5 heterocycles. The molecule has 0 aromatic carbocycles. The van der Waals surface area contributed by atoms with Crippen molar-refractivity contribution >= 4 is 5.82 Å². The van der Waals surface area contributed by atoms with Crippen LogP contribution in [-0.2, 0) is 4.74 Å². The van der Waals surface area contributed by atoms with Gasteiger partial charge in [-0.25, -0.2) is 9.97 Å². The van der Waals surface area contributed by atoms with Crippen LogP contribution in [0.5, 0.6) is 0 Å². The van der Waals surface area contributed by atoms with E-state index in [2.05, 4.69) is 36.6 Å². The van der Waals surface area contributed by atoms with Gasteiger partial charge in [-0.2, -0.15) is 4.98 Å². The van der Waals surface area contributed by atoms with Crippen molar-refractivity contribution in [3.05, 3.63) is 36.6 Å². The fourth-order valence-electron chi connectivity index (χ4n) is 4.14. The predicted octanol–water partition coefficient (Wildman–Crippen LogP) is 2.00. The zero-order chi connectivity index (χ0) is 18.4. The molecule has 0 unspecified atom stereocenters. The van der Waals surface area contributed by atoms with Crippen LogP contribution < -0.4 is 4.90 Å². The molecule has 0 radical (unpaired) electrons. The summed E-state index contributed by atoms with van der Waals surface area (Å²) in [7, 11) is 0. The molecule has 140 valence electrons. The van der Waals surface area contributed by atoms with E-state index in [1.54, 1.807) is 12.5 Å². The second kappa shape index (κ2) is 6.41. The number of fused-ring (bicyclic) bond motifs is 3. The molecule has 0 amide bonds. The van der Waals surface area contributed by atoms with Crippen molar-refractivity contribution in [1.29, 1.82) is 0 Å². The first-order chi connectivity index (χ1) is 13.3. The summed E-state index contributed by atoms with van der Waals surface area (Å²) in [5.41, 5.74) is 0.938. The van der Waals surface area contributed by atoms with Gasteiger partial charge in [0.1, 0.15) is 17.8 Å². The molecule has 9 nitrogen and oxygen atoms in total. The molecule has 2 aliphatic rings. The van der Waals surface area contributed by atoms with E-state index in [0.717, 1.165) is 55.6 Å². The highest BCUT2D eigenvalue weighted by Gasteiger charge is 2.39. The van der Waals surface area contributed by atoms with Gasteiger partial charge in [-0.15, -0.1) is 10.2 Å². The number of hydrogen-bond acceptors (Lipinski definition) is 7. The van der Waals surface area contributed by atoms with Gasteiger partial charge >= 0.3 is 0 Å². The molecule has 5 rings (SSSR count). The van der Waals surface area contributed by atoms with E-state index in [1.165, 1.54) is 0 Å². The lowest BCUT2D eigenvalue weighted by molar-refractivity contribution is 0.0817. The van der Waals surface area contributed by atoms with Crippen LogP contribution in [0.1, 0.15) is 43.9 Å². The summed E-state index contributed by atoms with van der Waals surface area (Å²) in [5.74, 6) is 3.37. The molecule has 3 aromatic rings. The third-order valence-electron chi connectivity index (χ3n) is 5.41. The molecule has 0 spiro atoms. The van der Waals surface area contributed by atoms with Crippen LogP contribution in [0.25, 0.3) is 11.6 Å². The monoisotopic (exact) mass is 366 g/mol. The molecule has 1 atom stereocenters. The zero-order valence-corrected chi connectivity index (χ0v) is 15.5. The third kappa shape index (κ3) is 2.53. The molecule has 2 aliphatic heterocycles. The van der Waals surface area contributed by atoms with Crippen LogP contribution >= 0.6 is 0 Å². The molecular formula is C18H22N8O. The highest BCUT2D eigenvalue weighted by molar-refractivity contribution is 5.63. The minimum atomic E-state index is 0.132. The Labute approximate surface area is 157 Å². The van der Waals surface area contributed by atoms with Crippen molar-refractivity contribution in [3.63, 3.8) is 0 Å². The Morgan fingerprint density at radius 3 is 2.81 bits per heavy atom. The van der Waals surface area contributed by atoms with Gasteiger partial charge in [0.25, 0.3) is 0 Å². The Morgan fingerprint density at radius 1 is 1.22 bits per heavy atom. The Morgan fingerprint density at radius 2 is 2.07 bits per heavy atom. The number of aryl methyl sites for hydroxylation is 1.